The molecule has 16 heteroatoms. The third kappa shape index (κ3) is 8.43. The fourth-order valence-electron chi connectivity index (χ4n) is 8.18. The minimum absolute atomic E-state index is 0.00151. The summed E-state index contributed by atoms with van der Waals surface area (Å²) in [6.45, 7) is 11.1. The fraction of sp³-hybridized carbons (Fsp3) is 0.364. The number of fused-ring (bicyclic) bond motifs is 2. The molecule has 0 spiro atoms. The molecule has 2 saturated heterocycles. The maximum Gasteiger partial charge on any atom is 0.216 e. The van der Waals surface area contributed by atoms with Crippen LogP contribution in [0.2, 0.25) is 0 Å². The molecule has 10 heterocycles. The predicted octanol–water partition coefficient (Wildman–Crippen LogP) is 6.07. The molecule has 0 aromatic carbocycles. The third-order valence-electron chi connectivity index (χ3n) is 11.4. The van der Waals surface area contributed by atoms with Gasteiger partial charge >= 0.3 is 0 Å². The van der Waals surface area contributed by atoms with Crippen molar-refractivity contribution in [1.29, 1.82) is 0 Å². The van der Waals surface area contributed by atoms with Crippen LogP contribution >= 0.6 is 0 Å². The number of aromatic nitrogens is 8. The third-order valence-corrected chi connectivity index (χ3v) is 11.4. The van der Waals surface area contributed by atoms with Gasteiger partial charge in [-0.05, 0) is 38.1 Å². The van der Waals surface area contributed by atoms with Crippen molar-refractivity contribution in [2.24, 2.45) is 0 Å². The van der Waals surface area contributed by atoms with Crippen LogP contribution in [0.5, 0.6) is 0 Å². The van der Waals surface area contributed by atoms with E-state index in [-0.39, 0.29) is 17.9 Å². The van der Waals surface area contributed by atoms with Gasteiger partial charge in [-0.3, -0.25) is 9.97 Å². The topological polar surface area (TPSA) is 135 Å². The molecule has 14 nitrogen and oxygen atoms in total. The quantitative estimate of drug-likeness (QED) is 0.180. The highest BCUT2D eigenvalue weighted by Gasteiger charge is 2.30. The molecule has 0 radical (unpaired) electrons. The smallest absolute Gasteiger partial charge is 0.216 e. The zero-order valence-electron chi connectivity index (χ0n) is 33.7. The molecule has 4 aliphatic heterocycles. The van der Waals surface area contributed by atoms with Crippen molar-refractivity contribution in [3.05, 3.63) is 120 Å². The van der Waals surface area contributed by atoms with E-state index in [2.05, 4.69) is 58.4 Å². The van der Waals surface area contributed by atoms with E-state index in [0.29, 0.717) is 68.6 Å². The Balaban J connectivity index is 0.000000154. The lowest BCUT2D eigenvalue weighted by Gasteiger charge is -2.36. The lowest BCUT2D eigenvalue weighted by molar-refractivity contribution is 0.122. The van der Waals surface area contributed by atoms with Crippen LogP contribution in [0.4, 0.5) is 31.9 Å². The number of anilines is 4. The minimum atomic E-state index is -0.464. The summed E-state index contributed by atoms with van der Waals surface area (Å²) < 4.78 is 39.6. The number of nitrogens with zero attached hydrogens (tertiary/aromatic N) is 12. The Morgan fingerprint density at radius 2 is 1.07 bits per heavy atom. The molecule has 10 rings (SSSR count). The number of hydrogen-bond donors (Lipinski definition) is 0. The van der Waals surface area contributed by atoms with Crippen LogP contribution in [-0.2, 0) is 22.3 Å². The molecule has 60 heavy (non-hydrogen) atoms. The molecule has 0 aliphatic carbocycles. The zero-order chi connectivity index (χ0) is 41.0. The van der Waals surface area contributed by atoms with E-state index in [9.17, 15) is 8.78 Å². The molecule has 0 N–H and O–H groups in total. The SMILES string of the molecule is CC1c2cnc(-c3ccccn3)nc2CCN1c1cc(F)cc(N2CCOCC2)n1.CC1c2cnc(-c3ccccn3)nc2CCN1c1cc(N2CCOCC2)cc(F)n1. The van der Waals surface area contributed by atoms with Crippen LogP contribution in [0, 0.1) is 11.8 Å². The van der Waals surface area contributed by atoms with E-state index < -0.39 is 5.95 Å². The first-order valence-electron chi connectivity index (χ1n) is 20.5. The van der Waals surface area contributed by atoms with Crippen LogP contribution in [0.3, 0.4) is 0 Å². The van der Waals surface area contributed by atoms with E-state index in [0.717, 1.165) is 78.6 Å². The summed E-state index contributed by atoms with van der Waals surface area (Å²) in [5.41, 5.74) is 6.48. The van der Waals surface area contributed by atoms with Crippen molar-refractivity contribution >= 4 is 23.1 Å². The second kappa shape index (κ2) is 17.5. The Kier molecular flexibility index (Phi) is 11.5. The van der Waals surface area contributed by atoms with Crippen molar-refractivity contribution in [1.82, 2.24) is 39.9 Å². The highest BCUT2D eigenvalue weighted by molar-refractivity contribution is 5.58. The van der Waals surface area contributed by atoms with Gasteiger partial charge in [0.2, 0.25) is 5.95 Å². The van der Waals surface area contributed by atoms with Crippen LogP contribution in [0.25, 0.3) is 23.0 Å². The van der Waals surface area contributed by atoms with Gasteiger partial charge in [0.15, 0.2) is 11.6 Å². The first kappa shape index (κ1) is 39.2. The molecule has 0 amide bonds. The summed E-state index contributed by atoms with van der Waals surface area (Å²) in [4.78, 5) is 44.7. The number of halogens is 2. The Morgan fingerprint density at radius 3 is 1.60 bits per heavy atom. The van der Waals surface area contributed by atoms with Gasteiger partial charge in [-0.2, -0.15) is 4.39 Å². The molecule has 4 aliphatic rings. The van der Waals surface area contributed by atoms with Crippen molar-refractivity contribution < 1.29 is 18.3 Å². The lowest BCUT2D eigenvalue weighted by atomic mass is 9.99. The van der Waals surface area contributed by atoms with E-state index in [1.54, 1.807) is 12.4 Å². The van der Waals surface area contributed by atoms with Crippen LogP contribution in [0.1, 0.15) is 48.4 Å². The zero-order valence-corrected chi connectivity index (χ0v) is 33.7. The monoisotopic (exact) mass is 812 g/mol. The largest absolute Gasteiger partial charge is 0.378 e. The molecule has 2 unspecified atom stereocenters. The second-order valence-electron chi connectivity index (χ2n) is 15.1. The van der Waals surface area contributed by atoms with E-state index in [4.69, 9.17) is 24.4 Å². The minimum Gasteiger partial charge on any atom is -0.378 e. The average Bonchev–Trinajstić information content (AvgIpc) is 3.30. The second-order valence-corrected chi connectivity index (χ2v) is 15.1. The van der Waals surface area contributed by atoms with Crippen LogP contribution in [-0.4, -0.2) is 106 Å². The van der Waals surface area contributed by atoms with Gasteiger partial charge in [0.25, 0.3) is 0 Å². The maximum atomic E-state index is 14.4. The van der Waals surface area contributed by atoms with Crippen molar-refractivity contribution in [3.63, 3.8) is 0 Å². The van der Waals surface area contributed by atoms with Gasteiger partial charge in [-0.1, -0.05) is 12.1 Å². The number of morpholine rings is 2. The molecule has 6 aromatic heterocycles. The van der Waals surface area contributed by atoms with E-state index in [1.165, 1.54) is 18.2 Å². The highest BCUT2D eigenvalue weighted by atomic mass is 19.1. The van der Waals surface area contributed by atoms with E-state index >= 15 is 0 Å². The summed E-state index contributed by atoms with van der Waals surface area (Å²) >= 11 is 0. The van der Waals surface area contributed by atoms with Crippen molar-refractivity contribution in [2.75, 3.05) is 85.3 Å². The maximum absolute atomic E-state index is 14.4. The molecule has 2 atom stereocenters. The fourth-order valence-corrected chi connectivity index (χ4v) is 8.18. The molecule has 0 saturated carbocycles. The van der Waals surface area contributed by atoms with E-state index in [1.807, 2.05) is 54.9 Å². The molecule has 0 bridgehead atoms. The Morgan fingerprint density at radius 1 is 0.550 bits per heavy atom. The summed E-state index contributed by atoms with van der Waals surface area (Å²) in [5.74, 6) is 2.47. The first-order chi connectivity index (χ1) is 29.4. The van der Waals surface area contributed by atoms with Crippen LogP contribution in [0.15, 0.2) is 85.5 Å². The lowest BCUT2D eigenvalue weighted by Crippen LogP contribution is -2.38. The number of rotatable bonds is 6. The Bertz CT molecular complexity index is 2250. The molecular weight excluding hydrogens is 767 g/mol. The highest BCUT2D eigenvalue weighted by Crippen LogP contribution is 2.35. The number of pyridine rings is 4. The molecule has 6 aromatic rings. The summed E-state index contributed by atoms with van der Waals surface area (Å²) in [6, 6.07) is 17.9. The Labute approximate surface area is 347 Å². The normalized spacial score (nSPS) is 18.9. The molecule has 308 valence electrons. The van der Waals surface area contributed by atoms with Gasteiger partial charge in [0, 0.05) is 118 Å². The van der Waals surface area contributed by atoms with Gasteiger partial charge in [0.1, 0.15) is 34.7 Å². The summed E-state index contributed by atoms with van der Waals surface area (Å²) in [7, 11) is 0. The van der Waals surface area contributed by atoms with Gasteiger partial charge in [-0.25, -0.2) is 34.3 Å². The number of hydrogen-bond acceptors (Lipinski definition) is 14. The molecular formula is C44H46F2N12O2. The average molecular weight is 813 g/mol. The van der Waals surface area contributed by atoms with Gasteiger partial charge in [0.05, 0.1) is 49.9 Å². The molecule has 2 fully saturated rings. The number of ether oxygens (including phenoxy) is 2. The predicted molar refractivity (Wildman–Crippen MR) is 224 cm³/mol. The summed E-state index contributed by atoms with van der Waals surface area (Å²) in [5, 5.41) is 0. The Hall–Kier alpha value is -6.26. The summed E-state index contributed by atoms with van der Waals surface area (Å²) in [6.07, 6.45) is 8.70. The van der Waals surface area contributed by atoms with Gasteiger partial charge in [-0.15, -0.1) is 0 Å². The standard InChI is InChI=1S/2C22H23FN6O/c1-15-17-14-25-22(19-4-2-3-6-24-19)26-18(17)5-7-29(15)21-13-16(12-20(23)27-21)28-8-10-30-11-9-28;1-15-17-14-25-22(19-4-2-3-6-24-19)26-18(17)5-7-29(15)21-13-16(23)12-20(27-21)28-8-10-30-11-9-28/h2*2-4,6,12-15H,5,7-11H2,1H3. The first-order valence-corrected chi connectivity index (χ1v) is 20.5. The van der Waals surface area contributed by atoms with Gasteiger partial charge < -0.3 is 29.1 Å². The van der Waals surface area contributed by atoms with Crippen LogP contribution < -0.4 is 19.6 Å². The van der Waals surface area contributed by atoms with Crippen molar-refractivity contribution in [2.45, 2.75) is 38.8 Å². The van der Waals surface area contributed by atoms with Crippen molar-refractivity contribution in [3.8, 4) is 23.0 Å².